The van der Waals surface area contributed by atoms with Gasteiger partial charge in [-0.2, -0.15) is 0 Å². The number of benzene rings is 2. The average Bonchev–Trinajstić information content (AvgIpc) is 3.60. The first-order valence-electron chi connectivity index (χ1n) is 13.3. The fraction of sp³-hybridized carbons (Fsp3) is 0.367. The van der Waals surface area contributed by atoms with Crippen molar-refractivity contribution in [2.24, 2.45) is 0 Å². The number of ether oxygens (including phenoxy) is 2. The second kappa shape index (κ2) is 13.5. The first-order chi connectivity index (χ1) is 19.4. The van der Waals surface area contributed by atoms with E-state index in [2.05, 4.69) is 15.3 Å². The van der Waals surface area contributed by atoms with Crippen LogP contribution in [0.5, 0.6) is 11.5 Å². The van der Waals surface area contributed by atoms with Crippen LogP contribution in [0.3, 0.4) is 0 Å². The van der Waals surface area contributed by atoms with Gasteiger partial charge in [0.15, 0.2) is 5.82 Å². The number of likely N-dealkylation sites (tertiary alicyclic amines) is 1. The number of aryl methyl sites for hydroxylation is 2. The van der Waals surface area contributed by atoms with Gasteiger partial charge in [-0.1, -0.05) is 30.3 Å². The van der Waals surface area contributed by atoms with Crippen LogP contribution in [0, 0.1) is 0 Å². The molecule has 3 unspecified atom stereocenters. The smallest absolute Gasteiger partial charge is 0.290 e. The van der Waals surface area contributed by atoms with Crippen molar-refractivity contribution in [3.63, 3.8) is 0 Å². The molecule has 1 saturated heterocycles. The maximum atomic E-state index is 13.5. The molecular formula is C30H34N4O6. The Morgan fingerprint density at radius 2 is 1.85 bits per heavy atom. The van der Waals surface area contributed by atoms with Crippen LogP contribution in [0.2, 0.25) is 0 Å². The predicted molar refractivity (Wildman–Crippen MR) is 147 cm³/mol. The lowest BCUT2D eigenvalue weighted by molar-refractivity contribution is -0.128. The predicted octanol–water partition coefficient (Wildman–Crippen LogP) is 2.92. The summed E-state index contributed by atoms with van der Waals surface area (Å²) < 4.78 is 11.2. The highest BCUT2D eigenvalue weighted by atomic mass is 16.5. The molecule has 40 heavy (non-hydrogen) atoms. The summed E-state index contributed by atoms with van der Waals surface area (Å²) in [5, 5.41) is 2.60. The van der Waals surface area contributed by atoms with E-state index in [1.165, 1.54) is 17.4 Å². The Bertz CT molecular complexity index is 1310. The first kappa shape index (κ1) is 28.5. The van der Waals surface area contributed by atoms with Gasteiger partial charge in [-0.05, 0) is 56.0 Å². The molecule has 4 rings (SSSR count). The minimum absolute atomic E-state index is 0.113. The monoisotopic (exact) mass is 546 g/mol. The van der Waals surface area contributed by atoms with Crippen LogP contribution in [-0.4, -0.2) is 70.6 Å². The lowest BCUT2D eigenvalue weighted by atomic mass is 10.1. The standard InChI is InChI=1S/C30H34N4O6/c1-20(36)15-23(19-35)33-29(37)27-16-26(40-25-9-4-3-5-10-25)18-34(27)30(38)28-31-17-22(32-28)8-6-7-21-11-13-24(39-2)14-12-21/h3-5,9-14,17,19,23,26-27H,6-8,15-16,18H2,1-2H3,(H,31,32)(H,33,37). The highest BCUT2D eigenvalue weighted by Crippen LogP contribution is 2.25. The third-order valence-electron chi connectivity index (χ3n) is 6.77. The highest BCUT2D eigenvalue weighted by Gasteiger charge is 2.42. The molecule has 10 heteroatoms. The average molecular weight is 547 g/mol. The van der Waals surface area contributed by atoms with Crippen LogP contribution < -0.4 is 14.8 Å². The molecule has 2 N–H and O–H groups in total. The third kappa shape index (κ3) is 7.56. The summed E-state index contributed by atoms with van der Waals surface area (Å²) in [7, 11) is 1.63. The molecule has 3 aromatic rings. The Morgan fingerprint density at radius 3 is 2.52 bits per heavy atom. The van der Waals surface area contributed by atoms with Crippen LogP contribution in [0.4, 0.5) is 0 Å². The van der Waals surface area contributed by atoms with Crippen molar-refractivity contribution < 1.29 is 28.7 Å². The van der Waals surface area contributed by atoms with Gasteiger partial charge in [0.25, 0.3) is 5.91 Å². The van der Waals surface area contributed by atoms with Gasteiger partial charge in [0, 0.05) is 24.7 Å². The summed E-state index contributed by atoms with van der Waals surface area (Å²) in [6.07, 6.45) is 4.25. The second-order valence-corrected chi connectivity index (χ2v) is 9.88. The number of rotatable bonds is 13. The van der Waals surface area contributed by atoms with E-state index in [-0.39, 0.29) is 31.0 Å². The number of amides is 2. The number of ketones is 1. The van der Waals surface area contributed by atoms with Crippen LogP contribution in [-0.2, 0) is 27.2 Å². The van der Waals surface area contributed by atoms with Gasteiger partial charge < -0.3 is 29.5 Å². The van der Waals surface area contributed by atoms with Gasteiger partial charge in [-0.15, -0.1) is 0 Å². The Labute approximate surface area is 233 Å². The molecule has 10 nitrogen and oxygen atoms in total. The number of H-pyrrole nitrogens is 1. The molecule has 1 aromatic heterocycles. The maximum absolute atomic E-state index is 13.5. The molecule has 2 aromatic carbocycles. The third-order valence-corrected chi connectivity index (χ3v) is 6.77. The Balaban J connectivity index is 1.42. The molecule has 1 fully saturated rings. The molecule has 0 saturated carbocycles. The number of methoxy groups -OCH3 is 1. The molecule has 0 radical (unpaired) electrons. The fourth-order valence-electron chi connectivity index (χ4n) is 4.78. The van der Waals surface area contributed by atoms with Crippen molar-refractivity contribution in [2.75, 3.05) is 13.7 Å². The van der Waals surface area contributed by atoms with E-state index in [1.54, 1.807) is 25.4 Å². The number of hydrogen-bond donors (Lipinski definition) is 2. The van der Waals surface area contributed by atoms with Crippen molar-refractivity contribution in [2.45, 2.75) is 57.2 Å². The number of para-hydroxylation sites is 1. The fourth-order valence-corrected chi connectivity index (χ4v) is 4.78. The minimum Gasteiger partial charge on any atom is -0.497 e. The zero-order chi connectivity index (χ0) is 28.5. The van der Waals surface area contributed by atoms with Crippen molar-refractivity contribution >= 4 is 23.9 Å². The van der Waals surface area contributed by atoms with Gasteiger partial charge in [-0.25, -0.2) is 4.98 Å². The van der Waals surface area contributed by atoms with E-state index in [4.69, 9.17) is 9.47 Å². The molecule has 1 aliphatic rings. The number of aromatic amines is 1. The summed E-state index contributed by atoms with van der Waals surface area (Å²) in [5.41, 5.74) is 2.00. The van der Waals surface area contributed by atoms with E-state index >= 15 is 0 Å². The Morgan fingerprint density at radius 1 is 1.10 bits per heavy atom. The number of imidazole rings is 1. The Kier molecular flexibility index (Phi) is 9.66. The van der Waals surface area contributed by atoms with Crippen LogP contribution in [0.25, 0.3) is 0 Å². The quantitative estimate of drug-likeness (QED) is 0.315. The van der Waals surface area contributed by atoms with Crippen LogP contribution in [0.15, 0.2) is 60.8 Å². The van der Waals surface area contributed by atoms with Gasteiger partial charge in [0.1, 0.15) is 35.7 Å². The first-order valence-corrected chi connectivity index (χ1v) is 13.3. The zero-order valence-electron chi connectivity index (χ0n) is 22.7. The second-order valence-electron chi connectivity index (χ2n) is 9.88. The van der Waals surface area contributed by atoms with Gasteiger partial charge in [-0.3, -0.25) is 14.4 Å². The molecule has 0 aliphatic carbocycles. The molecule has 210 valence electrons. The minimum atomic E-state index is -0.961. The summed E-state index contributed by atoms with van der Waals surface area (Å²) in [5.74, 6) is 0.393. The number of hydrogen-bond acceptors (Lipinski definition) is 7. The van der Waals surface area contributed by atoms with E-state index in [0.717, 1.165) is 24.3 Å². The number of nitrogens with zero attached hydrogens (tertiary/aromatic N) is 2. The van der Waals surface area contributed by atoms with E-state index < -0.39 is 30.0 Å². The number of Topliss-reactive ketones (excluding diaryl/α,β-unsaturated/α-hetero) is 1. The summed E-state index contributed by atoms with van der Waals surface area (Å²) in [4.78, 5) is 58.5. The largest absolute Gasteiger partial charge is 0.497 e. The number of aromatic nitrogens is 2. The molecule has 2 amide bonds. The summed E-state index contributed by atoms with van der Waals surface area (Å²) in [6, 6.07) is 15.2. The number of carbonyl (C=O) groups excluding carboxylic acids is 4. The van der Waals surface area contributed by atoms with Gasteiger partial charge in [0.2, 0.25) is 5.91 Å². The molecule has 1 aliphatic heterocycles. The molecule has 0 bridgehead atoms. The van der Waals surface area contributed by atoms with Gasteiger partial charge >= 0.3 is 0 Å². The van der Waals surface area contributed by atoms with Crippen molar-refractivity contribution in [1.29, 1.82) is 0 Å². The van der Waals surface area contributed by atoms with E-state index in [0.29, 0.717) is 18.5 Å². The summed E-state index contributed by atoms with van der Waals surface area (Å²) >= 11 is 0. The van der Waals surface area contributed by atoms with Crippen LogP contribution in [0.1, 0.15) is 48.1 Å². The van der Waals surface area contributed by atoms with E-state index in [9.17, 15) is 19.2 Å². The zero-order valence-corrected chi connectivity index (χ0v) is 22.7. The van der Waals surface area contributed by atoms with Crippen molar-refractivity contribution in [1.82, 2.24) is 20.2 Å². The van der Waals surface area contributed by atoms with Crippen molar-refractivity contribution in [3.05, 3.63) is 77.9 Å². The molecule has 0 spiro atoms. The topological polar surface area (TPSA) is 131 Å². The van der Waals surface area contributed by atoms with E-state index in [1.807, 2.05) is 42.5 Å². The Hall–Kier alpha value is -4.47. The van der Waals surface area contributed by atoms with Crippen molar-refractivity contribution in [3.8, 4) is 11.5 Å². The SMILES string of the molecule is COc1ccc(CCCc2cnc(C(=O)N3CC(Oc4ccccc4)CC3C(=O)NC(C=O)CC(C)=O)[nH]2)cc1. The molecule has 2 heterocycles. The number of carbonyl (C=O) groups is 4. The maximum Gasteiger partial charge on any atom is 0.290 e. The van der Waals surface area contributed by atoms with Gasteiger partial charge in [0.05, 0.1) is 19.7 Å². The lowest BCUT2D eigenvalue weighted by Crippen LogP contribution is -2.49. The normalized spacial score (nSPS) is 17.2. The lowest BCUT2D eigenvalue weighted by Gasteiger charge is -2.23. The van der Waals surface area contributed by atoms with Crippen LogP contribution >= 0.6 is 0 Å². The number of nitrogens with one attached hydrogen (secondary N) is 2. The molecular weight excluding hydrogens is 512 g/mol. The summed E-state index contributed by atoms with van der Waals surface area (Å²) in [6.45, 7) is 1.51. The number of aldehydes is 1. The highest BCUT2D eigenvalue weighted by molar-refractivity contribution is 5.96. The molecule has 3 atom stereocenters.